The summed E-state index contributed by atoms with van der Waals surface area (Å²) in [6.07, 6.45) is 2.98. The number of rotatable bonds is 8. The van der Waals surface area contributed by atoms with Crippen molar-refractivity contribution in [2.45, 2.75) is 46.6 Å². The number of carbonyl (C=O) groups excluding carboxylic acids is 1. The SMILES string of the molecule is CCNC(=NCC(=O)Nc1cccc(CC)c1)N(C)Cc1cn(C)nc1C(C)C. The standard InChI is InChI=1S/C22H34N6O/c1-7-17-10-9-11-19(12-17)25-20(29)13-24-22(23-8-2)27(5)14-18-15-28(6)26-21(18)16(3)4/h9-12,15-16H,7-8,13-14H2,1-6H3,(H,23,24)(H,25,29). The van der Waals surface area contributed by atoms with E-state index in [0.717, 1.165) is 29.9 Å². The van der Waals surface area contributed by atoms with Gasteiger partial charge in [-0.25, -0.2) is 4.99 Å². The van der Waals surface area contributed by atoms with Crippen LogP contribution in [-0.2, 0) is 24.8 Å². The van der Waals surface area contributed by atoms with Crippen LogP contribution in [0.25, 0.3) is 0 Å². The van der Waals surface area contributed by atoms with Gasteiger partial charge in [-0.15, -0.1) is 0 Å². The first-order valence-corrected chi connectivity index (χ1v) is 10.2. The molecule has 1 aromatic heterocycles. The Morgan fingerprint density at radius 1 is 1.31 bits per heavy atom. The quantitative estimate of drug-likeness (QED) is 0.529. The van der Waals surface area contributed by atoms with Gasteiger partial charge in [0, 0.05) is 44.6 Å². The Morgan fingerprint density at radius 3 is 2.72 bits per heavy atom. The van der Waals surface area contributed by atoms with Crippen molar-refractivity contribution in [2.75, 3.05) is 25.5 Å². The fraction of sp³-hybridized carbons (Fsp3) is 0.500. The van der Waals surface area contributed by atoms with Gasteiger partial charge in [0.1, 0.15) is 6.54 Å². The summed E-state index contributed by atoms with van der Waals surface area (Å²) in [7, 11) is 3.91. The lowest BCUT2D eigenvalue weighted by atomic mass is 10.1. The Morgan fingerprint density at radius 2 is 2.07 bits per heavy atom. The number of aliphatic imine (C=N–C) groups is 1. The summed E-state index contributed by atoms with van der Waals surface area (Å²) in [4.78, 5) is 18.9. The second-order valence-electron chi connectivity index (χ2n) is 7.50. The number of amides is 1. The molecule has 0 saturated heterocycles. The second kappa shape index (κ2) is 10.6. The van der Waals surface area contributed by atoms with Gasteiger partial charge in [-0.2, -0.15) is 5.10 Å². The van der Waals surface area contributed by atoms with E-state index in [2.05, 4.69) is 47.6 Å². The van der Waals surface area contributed by atoms with Crippen molar-refractivity contribution in [1.29, 1.82) is 0 Å². The predicted octanol–water partition coefficient (Wildman–Crippen LogP) is 3.14. The number of hydrogen-bond donors (Lipinski definition) is 2. The largest absolute Gasteiger partial charge is 0.357 e. The molecule has 0 radical (unpaired) electrons. The molecule has 1 amide bonds. The lowest BCUT2D eigenvalue weighted by Gasteiger charge is -2.22. The molecule has 29 heavy (non-hydrogen) atoms. The van der Waals surface area contributed by atoms with Gasteiger partial charge in [0.15, 0.2) is 5.96 Å². The molecule has 2 rings (SSSR count). The van der Waals surface area contributed by atoms with Gasteiger partial charge >= 0.3 is 0 Å². The van der Waals surface area contributed by atoms with Gasteiger partial charge in [-0.3, -0.25) is 9.48 Å². The Balaban J connectivity index is 2.05. The Bertz CT molecular complexity index is 840. The summed E-state index contributed by atoms with van der Waals surface area (Å²) in [5.41, 5.74) is 4.25. The van der Waals surface area contributed by atoms with Crippen molar-refractivity contribution in [2.24, 2.45) is 12.0 Å². The van der Waals surface area contributed by atoms with Gasteiger partial charge in [0.2, 0.25) is 5.91 Å². The maximum atomic E-state index is 12.4. The normalized spacial score (nSPS) is 11.6. The van der Waals surface area contributed by atoms with Crippen LogP contribution in [0, 0.1) is 0 Å². The van der Waals surface area contributed by atoms with Crippen molar-refractivity contribution in [3.05, 3.63) is 47.3 Å². The van der Waals surface area contributed by atoms with Gasteiger partial charge in [0.25, 0.3) is 0 Å². The number of nitrogens with zero attached hydrogens (tertiary/aromatic N) is 4. The number of hydrogen-bond acceptors (Lipinski definition) is 3. The van der Waals surface area contributed by atoms with E-state index in [1.54, 1.807) is 0 Å². The van der Waals surface area contributed by atoms with Crippen LogP contribution in [0.4, 0.5) is 5.69 Å². The Hall–Kier alpha value is -2.83. The molecule has 0 bridgehead atoms. The molecular weight excluding hydrogens is 364 g/mol. The highest BCUT2D eigenvalue weighted by atomic mass is 16.1. The van der Waals surface area contributed by atoms with E-state index in [1.165, 1.54) is 5.56 Å². The summed E-state index contributed by atoms with van der Waals surface area (Å²) in [6, 6.07) is 7.90. The third-order valence-electron chi connectivity index (χ3n) is 4.58. The molecule has 2 N–H and O–H groups in total. The number of guanidine groups is 1. The lowest BCUT2D eigenvalue weighted by Crippen LogP contribution is -2.39. The maximum Gasteiger partial charge on any atom is 0.246 e. The number of carbonyl (C=O) groups is 1. The van der Waals surface area contributed by atoms with Crippen LogP contribution < -0.4 is 10.6 Å². The smallest absolute Gasteiger partial charge is 0.246 e. The monoisotopic (exact) mass is 398 g/mol. The summed E-state index contributed by atoms with van der Waals surface area (Å²) in [6.45, 7) is 9.86. The van der Waals surface area contributed by atoms with Crippen LogP contribution in [0.3, 0.4) is 0 Å². The fourth-order valence-electron chi connectivity index (χ4n) is 3.18. The molecule has 7 heteroatoms. The topological polar surface area (TPSA) is 74.6 Å². The molecule has 1 heterocycles. The highest BCUT2D eigenvalue weighted by Gasteiger charge is 2.15. The van der Waals surface area contributed by atoms with Gasteiger partial charge in [-0.1, -0.05) is 32.9 Å². The van der Waals surface area contributed by atoms with E-state index in [9.17, 15) is 4.79 Å². The van der Waals surface area contributed by atoms with E-state index in [1.807, 2.05) is 55.0 Å². The fourth-order valence-corrected chi connectivity index (χ4v) is 3.18. The zero-order valence-electron chi connectivity index (χ0n) is 18.5. The lowest BCUT2D eigenvalue weighted by molar-refractivity contribution is -0.114. The Kier molecular flexibility index (Phi) is 8.24. The van der Waals surface area contributed by atoms with Crippen LogP contribution in [0.2, 0.25) is 0 Å². The van der Waals surface area contributed by atoms with E-state index in [4.69, 9.17) is 0 Å². The van der Waals surface area contributed by atoms with Gasteiger partial charge in [-0.05, 0) is 37.0 Å². The van der Waals surface area contributed by atoms with Crippen molar-refractivity contribution in [1.82, 2.24) is 20.0 Å². The second-order valence-corrected chi connectivity index (χ2v) is 7.50. The Labute approximate surface area is 174 Å². The summed E-state index contributed by atoms with van der Waals surface area (Å²) in [5, 5.41) is 10.8. The number of aryl methyl sites for hydroxylation is 2. The summed E-state index contributed by atoms with van der Waals surface area (Å²) < 4.78 is 1.85. The van der Waals surface area contributed by atoms with E-state index < -0.39 is 0 Å². The summed E-state index contributed by atoms with van der Waals surface area (Å²) in [5.74, 6) is 0.915. The van der Waals surface area contributed by atoms with Crippen molar-refractivity contribution in [3.8, 4) is 0 Å². The molecule has 2 aromatic rings. The van der Waals surface area contributed by atoms with Crippen LogP contribution in [0.15, 0.2) is 35.5 Å². The molecule has 0 aliphatic rings. The molecule has 0 aliphatic carbocycles. The first-order chi connectivity index (χ1) is 13.8. The average molecular weight is 399 g/mol. The molecular formula is C22H34N6O. The average Bonchev–Trinajstić information content (AvgIpc) is 3.05. The molecule has 0 fully saturated rings. The van der Waals surface area contributed by atoms with Crippen molar-refractivity contribution in [3.63, 3.8) is 0 Å². The zero-order valence-corrected chi connectivity index (χ0v) is 18.5. The minimum atomic E-state index is -0.133. The predicted molar refractivity (Wildman–Crippen MR) is 119 cm³/mol. The number of aromatic nitrogens is 2. The van der Waals surface area contributed by atoms with E-state index in [-0.39, 0.29) is 12.5 Å². The highest BCUT2D eigenvalue weighted by molar-refractivity contribution is 5.94. The van der Waals surface area contributed by atoms with Crippen molar-refractivity contribution < 1.29 is 4.79 Å². The number of nitrogens with one attached hydrogen (secondary N) is 2. The number of anilines is 1. The van der Waals surface area contributed by atoms with E-state index >= 15 is 0 Å². The van der Waals surface area contributed by atoms with Crippen LogP contribution in [-0.4, -0.2) is 46.7 Å². The maximum absolute atomic E-state index is 12.4. The van der Waals surface area contributed by atoms with Crippen LogP contribution in [0.1, 0.15) is 50.4 Å². The molecule has 7 nitrogen and oxygen atoms in total. The minimum absolute atomic E-state index is 0.0626. The zero-order chi connectivity index (χ0) is 21.4. The van der Waals surface area contributed by atoms with Crippen molar-refractivity contribution >= 4 is 17.6 Å². The third kappa shape index (κ3) is 6.62. The molecule has 0 spiro atoms. The van der Waals surface area contributed by atoms with Crippen LogP contribution in [0.5, 0.6) is 0 Å². The number of benzene rings is 1. The van der Waals surface area contributed by atoms with Crippen LogP contribution >= 0.6 is 0 Å². The van der Waals surface area contributed by atoms with E-state index in [0.29, 0.717) is 18.4 Å². The van der Waals surface area contributed by atoms with Gasteiger partial charge < -0.3 is 15.5 Å². The first kappa shape index (κ1) is 22.5. The minimum Gasteiger partial charge on any atom is -0.357 e. The molecule has 158 valence electrons. The third-order valence-corrected chi connectivity index (χ3v) is 4.58. The highest BCUT2D eigenvalue weighted by Crippen LogP contribution is 2.18. The molecule has 0 atom stereocenters. The molecule has 1 aromatic carbocycles. The van der Waals surface area contributed by atoms with Gasteiger partial charge in [0.05, 0.1) is 5.69 Å². The summed E-state index contributed by atoms with van der Waals surface area (Å²) >= 11 is 0. The molecule has 0 aliphatic heterocycles. The molecule has 0 unspecified atom stereocenters. The molecule has 0 saturated carbocycles. The first-order valence-electron chi connectivity index (χ1n) is 10.2.